The Balaban J connectivity index is 2.17. The smallest absolute Gasteiger partial charge is 0.155 e. The molecule has 3 unspecified atom stereocenters. The van der Waals surface area contributed by atoms with E-state index in [1.54, 1.807) is 12.1 Å². The number of thioether (sulfide) groups is 1. The number of nitrogens with two attached hydrogens (primary N) is 1. The molecule has 0 bridgehead atoms. The van der Waals surface area contributed by atoms with Crippen LogP contribution in [-0.4, -0.2) is 28.3 Å². The maximum Gasteiger partial charge on any atom is 0.155 e. The highest BCUT2D eigenvalue weighted by molar-refractivity contribution is 9.10. The van der Waals surface area contributed by atoms with Crippen LogP contribution in [0.5, 0.6) is 0 Å². The monoisotopic (exact) mass is 362 g/mol. The lowest BCUT2D eigenvalue weighted by molar-refractivity contribution is 0.231. The third-order valence-electron chi connectivity index (χ3n) is 4.08. The molecule has 0 saturated heterocycles. The first kappa shape index (κ1) is 14.3. The lowest BCUT2D eigenvalue weighted by Gasteiger charge is -2.34. The minimum Gasteiger partial charge on any atom is -0.395 e. The Morgan fingerprint density at radius 3 is 2.95 bits per heavy atom. The summed E-state index contributed by atoms with van der Waals surface area (Å²) in [5.41, 5.74) is 4.66. The Bertz CT molecular complexity index is 600. The topological polar surface area (TPSA) is 58.6 Å². The molecule has 1 fully saturated rings. The second kappa shape index (κ2) is 4.68. The molecule has 1 aliphatic carbocycles. The van der Waals surface area contributed by atoms with Gasteiger partial charge < -0.3 is 10.8 Å². The van der Waals surface area contributed by atoms with Crippen LogP contribution in [0.15, 0.2) is 27.7 Å². The van der Waals surface area contributed by atoms with Gasteiger partial charge in [0.1, 0.15) is 18.0 Å². The zero-order valence-corrected chi connectivity index (χ0v) is 12.8. The quantitative estimate of drug-likeness (QED) is 0.868. The molecule has 0 amide bonds. The van der Waals surface area contributed by atoms with Crippen molar-refractivity contribution in [3.63, 3.8) is 0 Å². The number of nitrogens with zero attached hydrogens (tertiary/aromatic N) is 1. The molecular weight excluding hydrogens is 350 g/mol. The van der Waals surface area contributed by atoms with E-state index in [4.69, 9.17) is 5.73 Å². The Kier molecular flexibility index (Phi) is 3.34. The van der Waals surface area contributed by atoms with Crippen LogP contribution < -0.4 is 5.73 Å². The number of aliphatic imine (C=N–C) groups is 1. The zero-order chi connectivity index (χ0) is 14.5. The predicted octanol–water partition coefficient (Wildman–Crippen LogP) is 2.57. The normalized spacial score (nSPS) is 35.4. The van der Waals surface area contributed by atoms with E-state index in [2.05, 4.69) is 20.9 Å². The number of rotatable bonds is 3. The maximum absolute atomic E-state index is 14.2. The first-order valence-corrected chi connectivity index (χ1v) is 7.75. The maximum atomic E-state index is 14.2. The minimum atomic E-state index is -1.33. The highest BCUT2D eigenvalue weighted by atomic mass is 79.9. The van der Waals surface area contributed by atoms with E-state index in [0.29, 0.717) is 10.9 Å². The third kappa shape index (κ3) is 1.90. The molecule has 1 heterocycles. The molecule has 20 heavy (non-hydrogen) atoms. The first-order chi connectivity index (χ1) is 9.47. The average molecular weight is 363 g/mol. The molecule has 0 aromatic heterocycles. The number of halogens is 3. The van der Waals surface area contributed by atoms with Gasteiger partial charge in [-0.15, -0.1) is 0 Å². The summed E-state index contributed by atoms with van der Waals surface area (Å²) in [6.45, 7) is -0.954. The average Bonchev–Trinajstić information content (AvgIpc) is 3.16. The number of hydrogen-bond acceptors (Lipinski definition) is 4. The number of hydrogen-bond donors (Lipinski definition) is 2. The summed E-state index contributed by atoms with van der Waals surface area (Å²) in [4.78, 5) is 4.23. The molecule has 3 nitrogen and oxygen atoms in total. The van der Waals surface area contributed by atoms with Crippen molar-refractivity contribution in [2.24, 2.45) is 16.6 Å². The van der Waals surface area contributed by atoms with Gasteiger partial charge in [0, 0.05) is 16.0 Å². The van der Waals surface area contributed by atoms with Crippen LogP contribution in [0.25, 0.3) is 0 Å². The van der Waals surface area contributed by atoms with Crippen molar-refractivity contribution < 1.29 is 13.9 Å². The highest BCUT2D eigenvalue weighted by Gasteiger charge is 2.68. The van der Waals surface area contributed by atoms with Crippen LogP contribution >= 0.6 is 27.7 Å². The van der Waals surface area contributed by atoms with Gasteiger partial charge in [-0.2, -0.15) is 0 Å². The summed E-state index contributed by atoms with van der Waals surface area (Å²) in [5.74, 6) is -0.751. The molecule has 3 rings (SSSR count). The van der Waals surface area contributed by atoms with Gasteiger partial charge in [0.05, 0.1) is 11.4 Å². The van der Waals surface area contributed by atoms with Gasteiger partial charge in [-0.25, -0.2) is 13.8 Å². The lowest BCUT2D eigenvalue weighted by Crippen LogP contribution is -2.41. The molecule has 0 spiro atoms. The lowest BCUT2D eigenvalue weighted by atomic mass is 9.85. The largest absolute Gasteiger partial charge is 0.395 e. The van der Waals surface area contributed by atoms with Crippen molar-refractivity contribution in [2.75, 3.05) is 13.3 Å². The molecule has 0 radical (unpaired) electrons. The summed E-state index contributed by atoms with van der Waals surface area (Å²) in [6.07, 6.45) is 0.578. The fourth-order valence-electron chi connectivity index (χ4n) is 2.99. The molecule has 3 N–H and O–H groups in total. The summed E-state index contributed by atoms with van der Waals surface area (Å²) >= 11 is 4.53. The standard InChI is InChI=1S/C13H13BrF2N2OS/c14-7-1-2-9(16)8(3-7)13(5-15)10-4-12(10,6-19)20-11(17)18-13/h1-3,10,19H,4-6H2,(H2,17,18). The summed E-state index contributed by atoms with van der Waals surface area (Å²) in [7, 11) is 0. The van der Waals surface area contributed by atoms with Gasteiger partial charge in [0.2, 0.25) is 0 Å². The van der Waals surface area contributed by atoms with Crippen LogP contribution in [-0.2, 0) is 5.54 Å². The second-order valence-electron chi connectivity index (χ2n) is 5.21. The van der Waals surface area contributed by atoms with Gasteiger partial charge in [-0.1, -0.05) is 27.7 Å². The molecule has 7 heteroatoms. The van der Waals surface area contributed by atoms with E-state index >= 15 is 0 Å². The SMILES string of the molecule is NC1=NC(CF)(c2cc(Br)ccc2F)C2CC2(CO)S1. The van der Waals surface area contributed by atoms with E-state index in [9.17, 15) is 13.9 Å². The van der Waals surface area contributed by atoms with Gasteiger partial charge in [-0.3, -0.25) is 0 Å². The van der Waals surface area contributed by atoms with Crippen LogP contribution in [0.4, 0.5) is 8.78 Å². The number of aliphatic hydroxyl groups is 1. The second-order valence-corrected chi connectivity index (χ2v) is 7.56. The van der Waals surface area contributed by atoms with Crippen molar-refractivity contribution in [3.8, 4) is 0 Å². The van der Waals surface area contributed by atoms with Crippen LogP contribution in [0.3, 0.4) is 0 Å². The molecular formula is C13H13BrF2N2OS. The summed E-state index contributed by atoms with van der Waals surface area (Å²) in [5, 5.41) is 9.75. The molecule has 3 atom stereocenters. The van der Waals surface area contributed by atoms with Crippen LogP contribution in [0.1, 0.15) is 12.0 Å². The number of fused-ring (bicyclic) bond motifs is 1. The Morgan fingerprint density at radius 2 is 2.30 bits per heavy atom. The molecule has 1 aromatic carbocycles. The van der Waals surface area contributed by atoms with Crippen molar-refractivity contribution in [2.45, 2.75) is 16.7 Å². The van der Waals surface area contributed by atoms with Gasteiger partial charge >= 0.3 is 0 Å². The Labute approximate surface area is 127 Å². The van der Waals surface area contributed by atoms with E-state index in [1.165, 1.54) is 17.8 Å². The van der Waals surface area contributed by atoms with Gasteiger partial charge in [0.25, 0.3) is 0 Å². The van der Waals surface area contributed by atoms with E-state index in [1.807, 2.05) is 0 Å². The van der Waals surface area contributed by atoms with Gasteiger partial charge in [0.15, 0.2) is 5.17 Å². The first-order valence-electron chi connectivity index (χ1n) is 6.14. The fourth-order valence-corrected chi connectivity index (χ4v) is 4.63. The molecule has 1 aliphatic heterocycles. The number of amidine groups is 1. The summed E-state index contributed by atoms with van der Waals surface area (Å²) in [6, 6.07) is 4.39. The Morgan fingerprint density at radius 1 is 1.55 bits per heavy atom. The molecule has 2 aliphatic rings. The Hall–Kier alpha value is -0.660. The van der Waals surface area contributed by atoms with Crippen LogP contribution in [0.2, 0.25) is 0 Å². The number of alkyl halides is 1. The van der Waals surface area contributed by atoms with Crippen molar-refractivity contribution in [3.05, 3.63) is 34.1 Å². The van der Waals surface area contributed by atoms with E-state index in [-0.39, 0.29) is 23.3 Å². The predicted molar refractivity (Wildman–Crippen MR) is 78.9 cm³/mol. The zero-order valence-electron chi connectivity index (χ0n) is 10.4. The van der Waals surface area contributed by atoms with Crippen molar-refractivity contribution >= 4 is 32.9 Å². The number of aliphatic hydroxyl groups excluding tert-OH is 1. The molecule has 1 saturated carbocycles. The highest BCUT2D eigenvalue weighted by Crippen LogP contribution is 2.65. The molecule has 1 aromatic rings. The third-order valence-corrected chi connectivity index (χ3v) is 5.87. The van der Waals surface area contributed by atoms with E-state index < -0.39 is 22.8 Å². The fraction of sp³-hybridized carbons (Fsp3) is 0.462. The van der Waals surface area contributed by atoms with Crippen molar-refractivity contribution in [1.82, 2.24) is 0 Å². The van der Waals surface area contributed by atoms with Crippen molar-refractivity contribution in [1.29, 1.82) is 0 Å². The van der Waals surface area contributed by atoms with E-state index in [0.717, 1.165) is 0 Å². The minimum absolute atomic E-state index is 0.115. The van der Waals surface area contributed by atoms with Gasteiger partial charge in [-0.05, 0) is 24.6 Å². The molecule has 108 valence electrons. The number of benzene rings is 1. The summed E-state index contributed by atoms with van der Waals surface area (Å²) < 4.78 is 28.2. The van der Waals surface area contributed by atoms with Crippen LogP contribution in [0, 0.1) is 11.7 Å².